The number of fused-ring (bicyclic) bond motifs is 1. The van der Waals surface area contributed by atoms with Crippen LogP contribution in [-0.2, 0) is 0 Å². The zero-order valence-electron chi connectivity index (χ0n) is 9.67. The number of nitrogens with zero attached hydrogens (tertiary/aromatic N) is 1. The molecule has 1 aromatic carbocycles. The molecule has 88 valence electrons. The molecule has 1 aliphatic heterocycles. The SMILES string of the molecule is NC(c1cccc2ncccc12)C1CCSC1. The molecule has 1 aliphatic rings. The number of aromatic nitrogens is 1. The van der Waals surface area contributed by atoms with Gasteiger partial charge < -0.3 is 5.73 Å². The molecule has 0 amide bonds. The van der Waals surface area contributed by atoms with Gasteiger partial charge in [0.1, 0.15) is 0 Å². The highest BCUT2D eigenvalue weighted by atomic mass is 32.2. The lowest BCUT2D eigenvalue weighted by molar-refractivity contribution is 0.484. The van der Waals surface area contributed by atoms with Gasteiger partial charge in [-0.15, -0.1) is 0 Å². The fourth-order valence-corrected chi connectivity index (χ4v) is 3.82. The molecule has 3 rings (SSSR count). The van der Waals surface area contributed by atoms with Crippen molar-refractivity contribution in [2.45, 2.75) is 12.5 Å². The number of nitrogens with two attached hydrogens (primary N) is 1. The van der Waals surface area contributed by atoms with E-state index in [4.69, 9.17) is 5.73 Å². The number of pyridine rings is 1. The Hall–Kier alpha value is -1.06. The van der Waals surface area contributed by atoms with E-state index in [0.717, 1.165) is 5.52 Å². The number of thioether (sulfide) groups is 1. The van der Waals surface area contributed by atoms with Crippen LogP contribution in [-0.4, -0.2) is 16.5 Å². The molecule has 1 saturated heterocycles. The van der Waals surface area contributed by atoms with Crippen molar-refractivity contribution in [3.63, 3.8) is 0 Å². The largest absolute Gasteiger partial charge is 0.324 e. The van der Waals surface area contributed by atoms with E-state index >= 15 is 0 Å². The third kappa shape index (κ3) is 2.05. The van der Waals surface area contributed by atoms with Crippen molar-refractivity contribution in [3.05, 3.63) is 42.1 Å². The lowest BCUT2D eigenvalue weighted by atomic mass is 9.91. The van der Waals surface area contributed by atoms with Gasteiger partial charge in [-0.25, -0.2) is 0 Å². The van der Waals surface area contributed by atoms with Gasteiger partial charge in [0, 0.05) is 17.6 Å². The number of hydrogen-bond donors (Lipinski definition) is 1. The molecule has 0 bridgehead atoms. The molecule has 2 heterocycles. The Balaban J connectivity index is 2.04. The zero-order valence-corrected chi connectivity index (χ0v) is 10.5. The van der Waals surface area contributed by atoms with E-state index in [-0.39, 0.29) is 6.04 Å². The minimum Gasteiger partial charge on any atom is -0.324 e. The Morgan fingerprint density at radius 3 is 3.06 bits per heavy atom. The van der Waals surface area contributed by atoms with E-state index in [9.17, 15) is 0 Å². The van der Waals surface area contributed by atoms with E-state index in [1.807, 2.05) is 24.0 Å². The summed E-state index contributed by atoms with van der Waals surface area (Å²) in [6.07, 6.45) is 3.07. The molecule has 2 atom stereocenters. The van der Waals surface area contributed by atoms with Crippen molar-refractivity contribution in [2.75, 3.05) is 11.5 Å². The third-order valence-corrected chi connectivity index (χ3v) is 4.70. The van der Waals surface area contributed by atoms with E-state index in [2.05, 4.69) is 29.2 Å². The van der Waals surface area contributed by atoms with E-state index < -0.39 is 0 Å². The highest BCUT2D eigenvalue weighted by Crippen LogP contribution is 2.34. The van der Waals surface area contributed by atoms with Crippen LogP contribution in [0.15, 0.2) is 36.5 Å². The molecule has 0 saturated carbocycles. The predicted octanol–water partition coefficient (Wildman–Crippen LogP) is 2.99. The average Bonchev–Trinajstić information content (AvgIpc) is 2.91. The molecule has 0 spiro atoms. The Kier molecular flexibility index (Phi) is 3.04. The number of benzene rings is 1. The van der Waals surface area contributed by atoms with Gasteiger partial charge in [0.2, 0.25) is 0 Å². The standard InChI is InChI=1S/C14H16N2S/c15-14(10-6-8-17-9-10)12-3-1-5-13-11(12)4-2-7-16-13/h1-5,7,10,14H,6,8-9,15H2. The first-order chi connectivity index (χ1) is 8.36. The minimum atomic E-state index is 0.151. The summed E-state index contributed by atoms with van der Waals surface area (Å²) in [5, 5.41) is 1.21. The van der Waals surface area contributed by atoms with Crippen LogP contribution in [0.5, 0.6) is 0 Å². The van der Waals surface area contributed by atoms with Crippen molar-refractivity contribution < 1.29 is 0 Å². The van der Waals surface area contributed by atoms with Crippen molar-refractivity contribution >= 4 is 22.7 Å². The molecular weight excluding hydrogens is 228 g/mol. The molecule has 1 fully saturated rings. The van der Waals surface area contributed by atoms with E-state index in [1.165, 1.54) is 28.9 Å². The summed E-state index contributed by atoms with van der Waals surface area (Å²) in [5.74, 6) is 3.06. The molecular formula is C14H16N2S. The third-order valence-electron chi connectivity index (χ3n) is 3.51. The second-order valence-corrected chi connectivity index (χ2v) is 5.72. The Morgan fingerprint density at radius 1 is 1.29 bits per heavy atom. The maximum Gasteiger partial charge on any atom is 0.0705 e. The maximum absolute atomic E-state index is 6.43. The minimum absolute atomic E-state index is 0.151. The first-order valence-corrected chi connectivity index (χ1v) is 7.19. The summed E-state index contributed by atoms with van der Waals surface area (Å²) in [4.78, 5) is 4.39. The van der Waals surface area contributed by atoms with Crippen LogP contribution in [0.2, 0.25) is 0 Å². The molecule has 1 aromatic heterocycles. The van der Waals surface area contributed by atoms with Gasteiger partial charge >= 0.3 is 0 Å². The lowest BCUT2D eigenvalue weighted by Gasteiger charge is -2.20. The summed E-state index contributed by atoms with van der Waals surface area (Å²) < 4.78 is 0. The summed E-state index contributed by atoms with van der Waals surface area (Å²) in [6, 6.07) is 10.5. The highest BCUT2D eigenvalue weighted by Gasteiger charge is 2.24. The van der Waals surface area contributed by atoms with E-state index in [0.29, 0.717) is 5.92 Å². The molecule has 0 aliphatic carbocycles. The van der Waals surface area contributed by atoms with Crippen molar-refractivity contribution in [1.29, 1.82) is 0 Å². The van der Waals surface area contributed by atoms with Crippen LogP contribution in [0.4, 0.5) is 0 Å². The smallest absolute Gasteiger partial charge is 0.0705 e. The van der Waals surface area contributed by atoms with Crippen LogP contribution >= 0.6 is 11.8 Å². The van der Waals surface area contributed by atoms with Gasteiger partial charge in [-0.1, -0.05) is 18.2 Å². The molecule has 0 radical (unpaired) electrons. The Labute approximate surface area is 106 Å². The normalized spacial score (nSPS) is 21.8. The van der Waals surface area contributed by atoms with Gasteiger partial charge in [0.25, 0.3) is 0 Å². The van der Waals surface area contributed by atoms with Crippen LogP contribution in [0, 0.1) is 5.92 Å². The molecule has 2 aromatic rings. The second-order valence-electron chi connectivity index (χ2n) is 4.57. The Bertz CT molecular complexity index is 515. The van der Waals surface area contributed by atoms with Crippen LogP contribution < -0.4 is 5.73 Å². The predicted molar refractivity (Wildman–Crippen MR) is 74.1 cm³/mol. The van der Waals surface area contributed by atoms with Gasteiger partial charge in [-0.05, 0) is 41.5 Å². The fourth-order valence-electron chi connectivity index (χ4n) is 2.51. The van der Waals surface area contributed by atoms with Gasteiger partial charge in [0.05, 0.1) is 5.52 Å². The summed E-state index contributed by atoms with van der Waals surface area (Å²) in [7, 11) is 0. The second kappa shape index (κ2) is 4.67. The lowest BCUT2D eigenvalue weighted by Crippen LogP contribution is -2.21. The summed E-state index contributed by atoms with van der Waals surface area (Å²) in [6.45, 7) is 0. The topological polar surface area (TPSA) is 38.9 Å². The maximum atomic E-state index is 6.43. The van der Waals surface area contributed by atoms with Crippen molar-refractivity contribution in [3.8, 4) is 0 Å². The molecule has 2 nitrogen and oxygen atoms in total. The highest BCUT2D eigenvalue weighted by molar-refractivity contribution is 7.99. The van der Waals surface area contributed by atoms with Gasteiger partial charge in [-0.2, -0.15) is 11.8 Å². The number of rotatable bonds is 2. The van der Waals surface area contributed by atoms with E-state index in [1.54, 1.807) is 0 Å². The van der Waals surface area contributed by atoms with Crippen molar-refractivity contribution in [1.82, 2.24) is 4.98 Å². The van der Waals surface area contributed by atoms with Crippen LogP contribution in [0.1, 0.15) is 18.0 Å². The Morgan fingerprint density at radius 2 is 2.24 bits per heavy atom. The van der Waals surface area contributed by atoms with Crippen molar-refractivity contribution in [2.24, 2.45) is 11.7 Å². The quantitative estimate of drug-likeness (QED) is 0.882. The molecule has 2 unspecified atom stereocenters. The average molecular weight is 244 g/mol. The molecule has 2 N–H and O–H groups in total. The summed E-state index contributed by atoms with van der Waals surface area (Å²) >= 11 is 2.01. The summed E-state index contributed by atoms with van der Waals surface area (Å²) in [5.41, 5.74) is 8.73. The first kappa shape index (κ1) is 11.1. The fraction of sp³-hybridized carbons (Fsp3) is 0.357. The van der Waals surface area contributed by atoms with Crippen LogP contribution in [0.3, 0.4) is 0 Å². The number of hydrogen-bond acceptors (Lipinski definition) is 3. The van der Waals surface area contributed by atoms with Gasteiger partial charge in [-0.3, -0.25) is 4.98 Å². The zero-order chi connectivity index (χ0) is 11.7. The first-order valence-electron chi connectivity index (χ1n) is 6.03. The van der Waals surface area contributed by atoms with Gasteiger partial charge in [0.15, 0.2) is 0 Å². The molecule has 3 heteroatoms. The van der Waals surface area contributed by atoms with Crippen LogP contribution in [0.25, 0.3) is 10.9 Å². The molecule has 17 heavy (non-hydrogen) atoms. The monoisotopic (exact) mass is 244 g/mol.